The molecule has 0 saturated carbocycles. The third kappa shape index (κ3) is 4.62. The fourth-order valence-corrected chi connectivity index (χ4v) is 1.75. The maximum absolute atomic E-state index is 12.7. The highest BCUT2D eigenvalue weighted by molar-refractivity contribution is 5.80. The summed E-state index contributed by atoms with van der Waals surface area (Å²) >= 11 is 0. The summed E-state index contributed by atoms with van der Waals surface area (Å²) in [4.78, 5) is 11.7. The van der Waals surface area contributed by atoms with E-state index in [4.69, 9.17) is 5.26 Å². The van der Waals surface area contributed by atoms with Crippen molar-refractivity contribution in [2.45, 2.75) is 6.54 Å². The number of nitrogens with zero attached hydrogens (tertiary/aromatic N) is 1. The fourth-order valence-electron chi connectivity index (χ4n) is 1.75. The Bertz CT molecular complexity index is 662. The molecule has 1 amide bonds. The first kappa shape index (κ1) is 14.5. The number of amides is 1. The molecule has 0 aliphatic carbocycles. The standard InChI is InChI=1S/C16H14FN3O/c17-14-6-4-12(5-7-14)10-20-16(21)11-19-15-3-1-2-13(8-15)9-18/h1-8,19H,10-11H2,(H,20,21). The number of anilines is 1. The number of nitrogens with one attached hydrogen (secondary N) is 2. The molecule has 106 valence electrons. The summed E-state index contributed by atoms with van der Waals surface area (Å²) in [5, 5.41) is 14.5. The van der Waals surface area contributed by atoms with Crippen molar-refractivity contribution in [1.82, 2.24) is 5.32 Å². The van der Waals surface area contributed by atoms with Crippen LogP contribution < -0.4 is 10.6 Å². The van der Waals surface area contributed by atoms with Gasteiger partial charge in [0.2, 0.25) is 5.91 Å². The highest BCUT2D eigenvalue weighted by atomic mass is 19.1. The maximum atomic E-state index is 12.7. The predicted molar refractivity (Wildman–Crippen MR) is 77.9 cm³/mol. The average Bonchev–Trinajstić information content (AvgIpc) is 2.52. The molecule has 21 heavy (non-hydrogen) atoms. The smallest absolute Gasteiger partial charge is 0.239 e. The molecule has 0 atom stereocenters. The molecule has 0 radical (unpaired) electrons. The van der Waals surface area contributed by atoms with Gasteiger partial charge in [-0.15, -0.1) is 0 Å². The largest absolute Gasteiger partial charge is 0.376 e. The van der Waals surface area contributed by atoms with Crippen LogP contribution in [-0.2, 0) is 11.3 Å². The van der Waals surface area contributed by atoms with Crippen LogP contribution >= 0.6 is 0 Å². The van der Waals surface area contributed by atoms with Gasteiger partial charge in [-0.05, 0) is 35.9 Å². The second-order valence-corrected chi connectivity index (χ2v) is 4.45. The van der Waals surface area contributed by atoms with Gasteiger partial charge in [0.25, 0.3) is 0 Å². The highest BCUT2D eigenvalue weighted by Crippen LogP contribution is 2.09. The highest BCUT2D eigenvalue weighted by Gasteiger charge is 2.02. The number of nitriles is 1. The van der Waals surface area contributed by atoms with E-state index in [0.717, 1.165) is 5.56 Å². The molecule has 4 nitrogen and oxygen atoms in total. The third-order valence-electron chi connectivity index (χ3n) is 2.85. The Labute approximate surface area is 122 Å². The van der Waals surface area contributed by atoms with E-state index in [9.17, 15) is 9.18 Å². The summed E-state index contributed by atoms with van der Waals surface area (Å²) in [6.07, 6.45) is 0. The van der Waals surface area contributed by atoms with Crippen molar-refractivity contribution >= 4 is 11.6 Å². The number of benzene rings is 2. The van der Waals surface area contributed by atoms with Crippen molar-refractivity contribution in [3.63, 3.8) is 0 Å². The van der Waals surface area contributed by atoms with Crippen LogP contribution in [0.2, 0.25) is 0 Å². The number of hydrogen-bond acceptors (Lipinski definition) is 3. The third-order valence-corrected chi connectivity index (χ3v) is 2.85. The quantitative estimate of drug-likeness (QED) is 0.885. The van der Waals surface area contributed by atoms with Crippen molar-refractivity contribution in [3.05, 3.63) is 65.5 Å². The van der Waals surface area contributed by atoms with Crippen LogP contribution in [0.3, 0.4) is 0 Å². The molecule has 0 bridgehead atoms. The summed E-state index contributed by atoms with van der Waals surface area (Å²) in [5.74, 6) is -0.481. The second kappa shape index (κ2) is 7.06. The van der Waals surface area contributed by atoms with Crippen molar-refractivity contribution in [3.8, 4) is 6.07 Å². The van der Waals surface area contributed by atoms with E-state index < -0.39 is 0 Å². The molecule has 0 unspecified atom stereocenters. The zero-order valence-electron chi connectivity index (χ0n) is 11.3. The molecular formula is C16H14FN3O. The molecule has 0 saturated heterocycles. The molecule has 0 heterocycles. The lowest BCUT2D eigenvalue weighted by Gasteiger charge is -2.08. The minimum Gasteiger partial charge on any atom is -0.376 e. The second-order valence-electron chi connectivity index (χ2n) is 4.45. The monoisotopic (exact) mass is 283 g/mol. The van der Waals surface area contributed by atoms with Crippen LogP contribution in [0, 0.1) is 17.1 Å². The van der Waals surface area contributed by atoms with Crippen LogP contribution in [0.25, 0.3) is 0 Å². The molecule has 0 spiro atoms. The van der Waals surface area contributed by atoms with E-state index in [2.05, 4.69) is 10.6 Å². The molecule has 2 N–H and O–H groups in total. The van der Waals surface area contributed by atoms with Crippen molar-refractivity contribution < 1.29 is 9.18 Å². The number of carbonyl (C=O) groups excluding carboxylic acids is 1. The minimum absolute atomic E-state index is 0.107. The van der Waals surface area contributed by atoms with E-state index in [1.54, 1.807) is 36.4 Å². The minimum atomic E-state index is -0.302. The van der Waals surface area contributed by atoms with Gasteiger partial charge in [0.15, 0.2) is 0 Å². The molecular weight excluding hydrogens is 269 g/mol. The fraction of sp³-hybridized carbons (Fsp3) is 0.125. The van der Waals surface area contributed by atoms with Gasteiger partial charge in [0, 0.05) is 12.2 Å². The number of carbonyl (C=O) groups is 1. The Morgan fingerprint density at radius 2 is 1.95 bits per heavy atom. The molecule has 2 aromatic rings. The van der Waals surface area contributed by atoms with E-state index in [0.29, 0.717) is 17.8 Å². The van der Waals surface area contributed by atoms with Crippen LogP contribution in [0.1, 0.15) is 11.1 Å². The number of hydrogen-bond donors (Lipinski definition) is 2. The van der Waals surface area contributed by atoms with Crippen LogP contribution in [0.4, 0.5) is 10.1 Å². The van der Waals surface area contributed by atoms with Gasteiger partial charge in [-0.1, -0.05) is 18.2 Å². The van der Waals surface area contributed by atoms with Crippen LogP contribution in [0.5, 0.6) is 0 Å². The summed E-state index contributed by atoms with van der Waals surface area (Å²) in [7, 11) is 0. The normalized spacial score (nSPS) is 9.71. The van der Waals surface area contributed by atoms with Gasteiger partial charge in [-0.25, -0.2) is 4.39 Å². The van der Waals surface area contributed by atoms with Crippen molar-refractivity contribution in [2.75, 3.05) is 11.9 Å². The van der Waals surface area contributed by atoms with E-state index >= 15 is 0 Å². The van der Waals surface area contributed by atoms with E-state index in [1.165, 1.54) is 12.1 Å². The van der Waals surface area contributed by atoms with Gasteiger partial charge in [-0.2, -0.15) is 5.26 Å². The zero-order chi connectivity index (χ0) is 15.1. The molecule has 0 aliphatic heterocycles. The molecule has 0 aliphatic rings. The average molecular weight is 283 g/mol. The SMILES string of the molecule is N#Cc1cccc(NCC(=O)NCc2ccc(F)cc2)c1. The van der Waals surface area contributed by atoms with E-state index in [-0.39, 0.29) is 18.3 Å². The summed E-state index contributed by atoms with van der Waals surface area (Å²) in [5.41, 5.74) is 2.08. The Hall–Kier alpha value is -2.87. The summed E-state index contributed by atoms with van der Waals surface area (Å²) < 4.78 is 12.7. The first-order valence-corrected chi connectivity index (χ1v) is 6.42. The summed E-state index contributed by atoms with van der Waals surface area (Å²) in [6, 6.07) is 14.9. The Morgan fingerprint density at radius 1 is 1.19 bits per heavy atom. The Kier molecular flexibility index (Phi) is 4.89. The summed E-state index contributed by atoms with van der Waals surface area (Å²) in [6.45, 7) is 0.453. The van der Waals surface area contributed by atoms with Crippen molar-refractivity contribution in [2.24, 2.45) is 0 Å². The van der Waals surface area contributed by atoms with Crippen LogP contribution in [0.15, 0.2) is 48.5 Å². The van der Waals surface area contributed by atoms with Gasteiger partial charge in [-0.3, -0.25) is 4.79 Å². The molecule has 0 fully saturated rings. The molecule has 2 rings (SSSR count). The first-order chi connectivity index (χ1) is 10.2. The number of halogens is 1. The zero-order valence-corrected chi connectivity index (χ0v) is 11.3. The molecule has 0 aromatic heterocycles. The lowest BCUT2D eigenvalue weighted by atomic mass is 10.2. The van der Waals surface area contributed by atoms with Gasteiger partial charge in [0.1, 0.15) is 5.82 Å². The first-order valence-electron chi connectivity index (χ1n) is 6.42. The van der Waals surface area contributed by atoms with Crippen LogP contribution in [-0.4, -0.2) is 12.5 Å². The predicted octanol–water partition coefficient (Wildman–Crippen LogP) is 2.43. The lowest BCUT2D eigenvalue weighted by molar-refractivity contribution is -0.119. The molecule has 2 aromatic carbocycles. The van der Waals surface area contributed by atoms with Gasteiger partial charge in [0.05, 0.1) is 18.2 Å². The van der Waals surface area contributed by atoms with Crippen molar-refractivity contribution in [1.29, 1.82) is 5.26 Å². The maximum Gasteiger partial charge on any atom is 0.239 e. The lowest BCUT2D eigenvalue weighted by Crippen LogP contribution is -2.29. The number of rotatable bonds is 5. The Morgan fingerprint density at radius 3 is 2.67 bits per heavy atom. The van der Waals surface area contributed by atoms with Gasteiger partial charge >= 0.3 is 0 Å². The Balaban J connectivity index is 1.79. The van der Waals surface area contributed by atoms with E-state index in [1.807, 2.05) is 6.07 Å². The van der Waals surface area contributed by atoms with Gasteiger partial charge < -0.3 is 10.6 Å². The molecule has 5 heteroatoms. The topological polar surface area (TPSA) is 64.9 Å².